The van der Waals surface area contributed by atoms with Crippen LogP contribution < -0.4 is 20.3 Å². The van der Waals surface area contributed by atoms with Crippen molar-refractivity contribution in [3.8, 4) is 5.75 Å². The lowest BCUT2D eigenvalue weighted by molar-refractivity contribution is 0.1000. The van der Waals surface area contributed by atoms with Crippen molar-refractivity contribution in [2.45, 2.75) is 26.2 Å². The molecule has 6 heteroatoms. The molecule has 0 atom stereocenters. The summed E-state index contributed by atoms with van der Waals surface area (Å²) >= 11 is 0. The van der Waals surface area contributed by atoms with Crippen LogP contribution in [0.25, 0.3) is 21.5 Å². The smallest absolute Gasteiger partial charge is 0.251 e. The lowest BCUT2D eigenvalue weighted by atomic mass is 9.92. The van der Waals surface area contributed by atoms with E-state index in [4.69, 9.17) is 10.5 Å². The van der Waals surface area contributed by atoms with Crippen molar-refractivity contribution < 1.29 is 9.53 Å². The number of hydrogen-bond donors (Lipinski definition) is 1. The fourth-order valence-corrected chi connectivity index (χ4v) is 5.36. The van der Waals surface area contributed by atoms with E-state index in [0.29, 0.717) is 5.56 Å². The van der Waals surface area contributed by atoms with E-state index in [9.17, 15) is 4.79 Å². The normalized spacial score (nSPS) is 13.6. The third-order valence-corrected chi connectivity index (χ3v) is 7.13. The molecule has 0 spiro atoms. The zero-order chi connectivity index (χ0) is 24.4. The van der Waals surface area contributed by atoms with Crippen molar-refractivity contribution in [2.75, 3.05) is 43.1 Å². The summed E-state index contributed by atoms with van der Waals surface area (Å²) in [5.41, 5.74) is 9.91. The highest BCUT2D eigenvalue weighted by Crippen LogP contribution is 2.38. The third-order valence-electron chi connectivity index (χ3n) is 7.13. The van der Waals surface area contributed by atoms with Crippen molar-refractivity contribution in [1.29, 1.82) is 0 Å². The van der Waals surface area contributed by atoms with E-state index in [0.717, 1.165) is 73.5 Å². The molecule has 5 rings (SSSR count). The van der Waals surface area contributed by atoms with Gasteiger partial charge in [-0.05, 0) is 58.8 Å². The summed E-state index contributed by atoms with van der Waals surface area (Å²) in [5, 5.41) is 4.65. The van der Waals surface area contributed by atoms with Crippen LogP contribution in [-0.4, -0.2) is 39.2 Å². The van der Waals surface area contributed by atoms with Crippen LogP contribution >= 0.6 is 12.4 Å². The molecular formula is C30H34ClN3O2. The average Bonchev–Trinajstić information content (AvgIpc) is 2.89. The second-order valence-electron chi connectivity index (χ2n) is 9.29. The van der Waals surface area contributed by atoms with Gasteiger partial charge in [0.1, 0.15) is 5.75 Å². The Morgan fingerprint density at radius 3 is 2.19 bits per heavy atom. The average molecular weight is 504 g/mol. The van der Waals surface area contributed by atoms with E-state index in [2.05, 4.69) is 65.3 Å². The van der Waals surface area contributed by atoms with Gasteiger partial charge in [-0.1, -0.05) is 55.8 Å². The Morgan fingerprint density at radius 1 is 0.889 bits per heavy atom. The summed E-state index contributed by atoms with van der Waals surface area (Å²) in [5.74, 6) is 0.547. The van der Waals surface area contributed by atoms with Crippen molar-refractivity contribution in [1.82, 2.24) is 0 Å². The molecule has 1 aliphatic rings. The van der Waals surface area contributed by atoms with E-state index >= 15 is 0 Å². The van der Waals surface area contributed by atoms with Crippen LogP contribution in [0, 0.1) is 0 Å². The molecule has 1 heterocycles. The van der Waals surface area contributed by atoms with Crippen molar-refractivity contribution in [3.63, 3.8) is 0 Å². The quantitative estimate of drug-likeness (QED) is 0.305. The second kappa shape index (κ2) is 11.1. The molecule has 0 aromatic heterocycles. The molecule has 0 aliphatic carbocycles. The number of ether oxygens (including phenoxy) is 1. The van der Waals surface area contributed by atoms with Gasteiger partial charge in [-0.15, -0.1) is 12.4 Å². The van der Waals surface area contributed by atoms with E-state index in [1.807, 2.05) is 18.2 Å². The molecule has 1 amide bonds. The fraction of sp³-hybridized carbons (Fsp3) is 0.300. The number of primary amides is 1. The maximum Gasteiger partial charge on any atom is 0.251 e. The Morgan fingerprint density at radius 2 is 1.53 bits per heavy atom. The molecule has 4 aromatic rings. The van der Waals surface area contributed by atoms with E-state index in [1.54, 1.807) is 7.11 Å². The molecule has 188 valence electrons. The van der Waals surface area contributed by atoms with Gasteiger partial charge in [0.25, 0.3) is 5.91 Å². The number of benzene rings is 4. The standard InChI is InChI=1S/C30H33N3O2.ClH/c1-3-4-9-23-19-24-18-21-10-5-6-11-22(21)20-25(24)29(28(23)30(31)34)33-16-14-32(15-17-33)26-12-7-8-13-27(26)35-2;/h5-8,10-13,18-20H,3-4,9,14-17H2,1-2H3,(H2,31,34);1H. The number of fused-ring (bicyclic) bond motifs is 2. The number of amides is 1. The minimum Gasteiger partial charge on any atom is -0.495 e. The topological polar surface area (TPSA) is 58.8 Å². The highest BCUT2D eigenvalue weighted by atomic mass is 35.5. The van der Waals surface area contributed by atoms with Gasteiger partial charge < -0.3 is 20.3 Å². The molecule has 0 saturated carbocycles. The number of aryl methyl sites for hydroxylation is 1. The zero-order valence-electron chi connectivity index (χ0n) is 21.0. The van der Waals surface area contributed by atoms with Crippen LogP contribution in [-0.2, 0) is 6.42 Å². The number of carbonyl (C=O) groups excluding carboxylic acids is 1. The van der Waals surface area contributed by atoms with Crippen LogP contribution in [0.1, 0.15) is 35.7 Å². The number of methoxy groups -OCH3 is 1. The summed E-state index contributed by atoms with van der Waals surface area (Å²) in [6, 6.07) is 23.2. The Labute approximate surface area is 219 Å². The van der Waals surface area contributed by atoms with E-state index in [1.165, 1.54) is 16.2 Å². The summed E-state index contributed by atoms with van der Waals surface area (Å²) in [6.07, 6.45) is 2.95. The lowest BCUT2D eigenvalue weighted by Crippen LogP contribution is -2.47. The van der Waals surface area contributed by atoms with Gasteiger partial charge in [0.15, 0.2) is 0 Å². The van der Waals surface area contributed by atoms with Gasteiger partial charge >= 0.3 is 0 Å². The summed E-state index contributed by atoms with van der Waals surface area (Å²) in [7, 11) is 1.71. The van der Waals surface area contributed by atoms with E-state index < -0.39 is 0 Å². The molecule has 1 saturated heterocycles. The SMILES string of the molecule is CCCCc1cc2cc3ccccc3cc2c(N2CCN(c3ccccc3OC)CC2)c1C(N)=O.Cl. The molecule has 0 bridgehead atoms. The molecular weight excluding hydrogens is 470 g/mol. The molecule has 4 aromatic carbocycles. The highest BCUT2D eigenvalue weighted by molar-refractivity contribution is 6.12. The largest absolute Gasteiger partial charge is 0.495 e. The number of rotatable bonds is 7. The molecule has 1 aliphatic heterocycles. The number of halogens is 1. The van der Waals surface area contributed by atoms with Crippen LogP contribution in [0.2, 0.25) is 0 Å². The van der Waals surface area contributed by atoms with Gasteiger partial charge in [-0.3, -0.25) is 4.79 Å². The molecule has 0 unspecified atom stereocenters. The maximum absolute atomic E-state index is 12.9. The van der Waals surface area contributed by atoms with Crippen LogP contribution in [0.15, 0.2) is 66.7 Å². The number of nitrogens with two attached hydrogens (primary N) is 1. The zero-order valence-corrected chi connectivity index (χ0v) is 21.8. The first-order valence-corrected chi connectivity index (χ1v) is 12.5. The van der Waals surface area contributed by atoms with Crippen LogP contribution in [0.4, 0.5) is 11.4 Å². The number of hydrogen-bond acceptors (Lipinski definition) is 4. The first-order valence-electron chi connectivity index (χ1n) is 12.5. The number of carbonyl (C=O) groups is 1. The van der Waals surface area contributed by atoms with Gasteiger partial charge in [0.2, 0.25) is 0 Å². The molecule has 0 radical (unpaired) electrons. The second-order valence-corrected chi connectivity index (χ2v) is 9.29. The van der Waals surface area contributed by atoms with Gasteiger partial charge in [-0.2, -0.15) is 0 Å². The number of piperazine rings is 1. The van der Waals surface area contributed by atoms with Gasteiger partial charge in [0.05, 0.1) is 24.0 Å². The Balaban J connectivity index is 0.00000304. The van der Waals surface area contributed by atoms with Crippen molar-refractivity contribution in [2.24, 2.45) is 5.73 Å². The van der Waals surface area contributed by atoms with Crippen LogP contribution in [0.3, 0.4) is 0 Å². The lowest BCUT2D eigenvalue weighted by Gasteiger charge is -2.39. The highest BCUT2D eigenvalue weighted by Gasteiger charge is 2.26. The number of unbranched alkanes of at least 4 members (excludes halogenated alkanes) is 1. The fourth-order valence-electron chi connectivity index (χ4n) is 5.36. The van der Waals surface area contributed by atoms with E-state index in [-0.39, 0.29) is 18.3 Å². The minimum atomic E-state index is -0.340. The Kier molecular flexibility index (Phi) is 7.90. The van der Waals surface area contributed by atoms with Gasteiger partial charge in [0, 0.05) is 31.6 Å². The van der Waals surface area contributed by atoms with Crippen molar-refractivity contribution in [3.05, 3.63) is 77.9 Å². The first kappa shape index (κ1) is 25.6. The third kappa shape index (κ3) is 4.80. The van der Waals surface area contributed by atoms with Gasteiger partial charge in [-0.25, -0.2) is 0 Å². The Hall–Kier alpha value is -3.44. The molecule has 1 fully saturated rings. The first-order chi connectivity index (χ1) is 17.1. The summed E-state index contributed by atoms with van der Waals surface area (Å²) in [6.45, 7) is 5.46. The minimum absolute atomic E-state index is 0. The summed E-state index contributed by atoms with van der Waals surface area (Å²) in [4.78, 5) is 17.6. The number of nitrogens with zero attached hydrogens (tertiary/aromatic N) is 2. The predicted octanol–water partition coefficient (Wildman–Crippen LogP) is 6.19. The van der Waals surface area contributed by atoms with Crippen molar-refractivity contribution >= 4 is 51.2 Å². The predicted molar refractivity (Wildman–Crippen MR) is 153 cm³/mol. The number of anilines is 2. The summed E-state index contributed by atoms with van der Waals surface area (Å²) < 4.78 is 5.60. The monoisotopic (exact) mass is 503 g/mol. The molecule has 5 nitrogen and oxygen atoms in total. The number of para-hydroxylation sites is 2. The Bertz CT molecular complexity index is 1380. The molecule has 2 N–H and O–H groups in total. The molecule has 36 heavy (non-hydrogen) atoms. The van der Waals surface area contributed by atoms with Crippen LogP contribution in [0.5, 0.6) is 5.75 Å². The maximum atomic E-state index is 12.9.